The van der Waals surface area contributed by atoms with E-state index >= 15 is 0 Å². The summed E-state index contributed by atoms with van der Waals surface area (Å²) in [5, 5.41) is 4.57. The predicted octanol–water partition coefficient (Wildman–Crippen LogP) is 4.68. The first kappa shape index (κ1) is 17.0. The summed E-state index contributed by atoms with van der Waals surface area (Å²) in [6.45, 7) is 3.65. The molecule has 5 nitrogen and oxygen atoms in total. The molecule has 0 saturated heterocycles. The normalized spacial score (nSPS) is 10.9. The molecule has 4 rings (SSSR count). The van der Waals surface area contributed by atoms with Gasteiger partial charge in [0.2, 0.25) is 0 Å². The number of hydrogen-bond acceptors (Lipinski definition) is 4. The molecule has 0 radical (unpaired) electrons. The zero-order valence-electron chi connectivity index (χ0n) is 15.5. The van der Waals surface area contributed by atoms with Gasteiger partial charge in [-0.25, -0.2) is 4.98 Å². The Morgan fingerprint density at radius 2 is 1.89 bits per heavy atom. The number of rotatable bonds is 4. The van der Waals surface area contributed by atoms with Gasteiger partial charge in [-0.05, 0) is 49.2 Å². The Hall–Kier alpha value is -3.47. The van der Waals surface area contributed by atoms with E-state index in [9.17, 15) is 4.79 Å². The summed E-state index contributed by atoms with van der Waals surface area (Å²) in [6, 6.07) is 17.8. The first-order valence-corrected chi connectivity index (χ1v) is 8.79. The van der Waals surface area contributed by atoms with Crippen molar-refractivity contribution in [2.75, 3.05) is 11.9 Å². The molecule has 0 N–H and O–H groups in total. The third-order valence-electron chi connectivity index (χ3n) is 4.69. The fourth-order valence-electron chi connectivity index (χ4n) is 3.21. The maximum absolute atomic E-state index is 11.7. The van der Waals surface area contributed by atoms with Gasteiger partial charge in [0.15, 0.2) is 11.4 Å². The molecular weight excluding hydrogens is 336 g/mol. The van der Waals surface area contributed by atoms with E-state index in [0.29, 0.717) is 5.56 Å². The van der Waals surface area contributed by atoms with Gasteiger partial charge in [0, 0.05) is 30.1 Å². The molecule has 0 bridgehead atoms. The Morgan fingerprint density at radius 1 is 1.07 bits per heavy atom. The van der Waals surface area contributed by atoms with Crippen molar-refractivity contribution in [2.45, 2.75) is 13.8 Å². The lowest BCUT2D eigenvalue weighted by atomic mass is 10.0. The first-order chi connectivity index (χ1) is 13.0. The van der Waals surface area contributed by atoms with Gasteiger partial charge in [0.1, 0.15) is 5.82 Å². The maximum atomic E-state index is 11.7. The summed E-state index contributed by atoms with van der Waals surface area (Å²) in [5.74, 6) is 0.959. The number of Topliss-reactive ketones (excluding diaryl/α,β-unsaturated/α-hetero) is 1. The maximum Gasteiger partial charge on any atom is 0.165 e. The fraction of sp³-hybridized carbons (Fsp3) is 0.136. The average Bonchev–Trinajstić information content (AvgIpc) is 3.11. The minimum atomic E-state index is 0.0427. The molecule has 0 spiro atoms. The van der Waals surface area contributed by atoms with Crippen LogP contribution in [0.25, 0.3) is 16.8 Å². The molecule has 0 saturated carbocycles. The van der Waals surface area contributed by atoms with Crippen molar-refractivity contribution in [2.24, 2.45) is 0 Å². The Bertz CT molecular complexity index is 1150. The van der Waals surface area contributed by atoms with Crippen molar-refractivity contribution in [1.82, 2.24) is 14.6 Å². The summed E-state index contributed by atoms with van der Waals surface area (Å²) in [6.07, 6.45) is 3.59. The van der Waals surface area contributed by atoms with Crippen LogP contribution < -0.4 is 4.90 Å². The van der Waals surface area contributed by atoms with E-state index in [4.69, 9.17) is 0 Å². The third kappa shape index (κ3) is 3.08. The first-order valence-electron chi connectivity index (χ1n) is 8.79. The highest BCUT2D eigenvalue weighted by atomic mass is 16.1. The highest BCUT2D eigenvalue weighted by molar-refractivity contribution is 5.95. The second-order valence-corrected chi connectivity index (χ2v) is 6.63. The Kier molecular flexibility index (Phi) is 4.20. The number of hydrogen-bond donors (Lipinski definition) is 0. The quantitative estimate of drug-likeness (QED) is 0.498. The molecule has 0 amide bonds. The van der Waals surface area contributed by atoms with Crippen LogP contribution in [0, 0.1) is 6.92 Å². The van der Waals surface area contributed by atoms with E-state index in [1.807, 2.05) is 48.0 Å². The summed E-state index contributed by atoms with van der Waals surface area (Å²) in [5.41, 5.74) is 5.55. The fourth-order valence-corrected chi connectivity index (χ4v) is 3.21. The molecule has 0 aliphatic heterocycles. The molecule has 0 aliphatic rings. The topological polar surface area (TPSA) is 50.5 Å². The second kappa shape index (κ2) is 6.68. The summed E-state index contributed by atoms with van der Waals surface area (Å²) < 4.78 is 1.83. The molecule has 5 heteroatoms. The van der Waals surface area contributed by atoms with Crippen LogP contribution in [-0.2, 0) is 0 Å². The van der Waals surface area contributed by atoms with Crippen LogP contribution in [0.5, 0.6) is 0 Å². The standard InChI is InChI=1S/C22H20N4O/c1-15-6-4-9-19(12-15)25(3)21-10-11-23-22-20(14-24-26(21)22)18-8-5-7-17(13-18)16(2)27/h4-14H,1-3H3. The summed E-state index contributed by atoms with van der Waals surface area (Å²) in [7, 11) is 2.02. The van der Waals surface area contributed by atoms with Gasteiger partial charge < -0.3 is 4.90 Å². The molecule has 0 unspecified atom stereocenters. The molecule has 4 aromatic rings. The molecule has 0 aliphatic carbocycles. The number of aromatic nitrogens is 3. The number of anilines is 2. The predicted molar refractivity (Wildman–Crippen MR) is 108 cm³/mol. The smallest absolute Gasteiger partial charge is 0.165 e. The van der Waals surface area contributed by atoms with Crippen LogP contribution in [0.3, 0.4) is 0 Å². The lowest BCUT2D eigenvalue weighted by molar-refractivity contribution is 0.101. The van der Waals surface area contributed by atoms with Crippen LogP contribution in [0.1, 0.15) is 22.8 Å². The number of carbonyl (C=O) groups is 1. The lowest BCUT2D eigenvalue weighted by Gasteiger charge is -2.20. The van der Waals surface area contributed by atoms with Crippen molar-refractivity contribution < 1.29 is 4.79 Å². The van der Waals surface area contributed by atoms with Crippen molar-refractivity contribution in [3.63, 3.8) is 0 Å². The minimum Gasteiger partial charge on any atom is -0.329 e. The van der Waals surface area contributed by atoms with Gasteiger partial charge in [-0.2, -0.15) is 9.61 Å². The zero-order valence-corrected chi connectivity index (χ0v) is 15.5. The largest absolute Gasteiger partial charge is 0.329 e. The highest BCUT2D eigenvalue weighted by Gasteiger charge is 2.14. The third-order valence-corrected chi connectivity index (χ3v) is 4.69. The molecule has 134 valence electrons. The molecular formula is C22H20N4O. The summed E-state index contributed by atoms with van der Waals surface area (Å²) in [4.78, 5) is 18.3. The van der Waals surface area contributed by atoms with Crippen molar-refractivity contribution in [1.29, 1.82) is 0 Å². The van der Waals surface area contributed by atoms with Gasteiger partial charge in [-0.1, -0.05) is 30.3 Å². The second-order valence-electron chi connectivity index (χ2n) is 6.63. The number of benzene rings is 2. The van der Waals surface area contributed by atoms with Crippen molar-refractivity contribution in [3.05, 3.63) is 78.1 Å². The lowest BCUT2D eigenvalue weighted by Crippen LogP contribution is -2.14. The SMILES string of the molecule is CC(=O)c1cccc(-c2cnn3c(N(C)c4cccc(C)c4)ccnc23)c1. The van der Waals surface area contributed by atoms with Crippen LogP contribution in [0.4, 0.5) is 11.5 Å². The van der Waals surface area contributed by atoms with Gasteiger partial charge in [0.05, 0.1) is 6.20 Å². The number of carbonyl (C=O) groups excluding carboxylic acids is 1. The Labute approximate surface area is 157 Å². The molecule has 2 heterocycles. The Morgan fingerprint density at radius 3 is 2.67 bits per heavy atom. The molecule has 2 aromatic heterocycles. The summed E-state index contributed by atoms with van der Waals surface area (Å²) >= 11 is 0. The van der Waals surface area contributed by atoms with Gasteiger partial charge in [-0.15, -0.1) is 0 Å². The van der Waals surface area contributed by atoms with E-state index < -0.39 is 0 Å². The van der Waals surface area contributed by atoms with E-state index in [1.54, 1.807) is 19.3 Å². The van der Waals surface area contributed by atoms with Crippen LogP contribution >= 0.6 is 0 Å². The van der Waals surface area contributed by atoms with Crippen LogP contribution in [0.15, 0.2) is 67.0 Å². The molecule has 27 heavy (non-hydrogen) atoms. The molecule has 0 fully saturated rings. The minimum absolute atomic E-state index is 0.0427. The highest BCUT2D eigenvalue weighted by Crippen LogP contribution is 2.29. The number of aryl methyl sites for hydroxylation is 1. The number of fused-ring (bicyclic) bond motifs is 1. The van der Waals surface area contributed by atoms with Crippen molar-refractivity contribution >= 4 is 22.9 Å². The monoisotopic (exact) mass is 356 g/mol. The van der Waals surface area contributed by atoms with E-state index in [0.717, 1.165) is 28.3 Å². The molecule has 2 aromatic carbocycles. The average molecular weight is 356 g/mol. The zero-order chi connectivity index (χ0) is 19.0. The number of ketones is 1. The van der Waals surface area contributed by atoms with E-state index in [-0.39, 0.29) is 5.78 Å². The van der Waals surface area contributed by atoms with Crippen LogP contribution in [-0.4, -0.2) is 27.4 Å². The molecule has 0 atom stereocenters. The number of nitrogens with zero attached hydrogens (tertiary/aromatic N) is 4. The van der Waals surface area contributed by atoms with Crippen LogP contribution in [0.2, 0.25) is 0 Å². The van der Waals surface area contributed by atoms with Gasteiger partial charge in [-0.3, -0.25) is 4.79 Å². The Balaban J connectivity index is 1.83. The van der Waals surface area contributed by atoms with Gasteiger partial charge in [0.25, 0.3) is 0 Å². The van der Waals surface area contributed by atoms with Gasteiger partial charge >= 0.3 is 0 Å². The van der Waals surface area contributed by atoms with E-state index in [2.05, 4.69) is 40.1 Å². The van der Waals surface area contributed by atoms with E-state index in [1.165, 1.54) is 5.56 Å². The van der Waals surface area contributed by atoms with Crippen molar-refractivity contribution in [3.8, 4) is 11.1 Å².